The van der Waals surface area contributed by atoms with Crippen LogP contribution in [0.1, 0.15) is 18.4 Å². The number of rotatable bonds is 3. The number of carbonyl (C=O) groups is 1. The third-order valence-electron chi connectivity index (χ3n) is 2.79. The van der Waals surface area contributed by atoms with Crippen LogP contribution in [0.25, 0.3) is 6.08 Å². The van der Waals surface area contributed by atoms with E-state index >= 15 is 0 Å². The molecule has 16 heavy (non-hydrogen) atoms. The molecule has 0 saturated carbocycles. The zero-order valence-electron chi connectivity index (χ0n) is 9.20. The van der Waals surface area contributed by atoms with Crippen molar-refractivity contribution in [1.29, 1.82) is 0 Å². The van der Waals surface area contributed by atoms with Crippen molar-refractivity contribution in [3.8, 4) is 0 Å². The van der Waals surface area contributed by atoms with Crippen LogP contribution in [0.3, 0.4) is 0 Å². The van der Waals surface area contributed by atoms with Gasteiger partial charge < -0.3 is 10.6 Å². The fourth-order valence-corrected chi connectivity index (χ4v) is 1.84. The van der Waals surface area contributed by atoms with Gasteiger partial charge in [-0.25, -0.2) is 0 Å². The third kappa shape index (κ3) is 2.49. The van der Waals surface area contributed by atoms with E-state index in [1.165, 1.54) is 0 Å². The maximum atomic E-state index is 11.8. The van der Waals surface area contributed by atoms with Gasteiger partial charge in [0.15, 0.2) is 0 Å². The van der Waals surface area contributed by atoms with E-state index in [1.807, 2.05) is 24.3 Å². The van der Waals surface area contributed by atoms with Crippen molar-refractivity contribution in [1.82, 2.24) is 5.32 Å². The monoisotopic (exact) mass is 216 g/mol. The molecule has 1 aliphatic rings. The lowest BCUT2D eigenvalue weighted by Gasteiger charge is -2.11. The zero-order chi connectivity index (χ0) is 11.4. The number of benzene rings is 1. The van der Waals surface area contributed by atoms with E-state index in [0.29, 0.717) is 0 Å². The number of hydrogen-bond acceptors (Lipinski definition) is 2. The van der Waals surface area contributed by atoms with Crippen LogP contribution in [0.5, 0.6) is 0 Å². The molecule has 1 aromatic rings. The molecular formula is C13H16N2O. The second-order valence-electron chi connectivity index (χ2n) is 3.96. The summed E-state index contributed by atoms with van der Waals surface area (Å²) >= 11 is 0. The van der Waals surface area contributed by atoms with E-state index in [-0.39, 0.29) is 11.9 Å². The van der Waals surface area contributed by atoms with Gasteiger partial charge in [-0.15, -0.1) is 0 Å². The first-order chi connectivity index (χ1) is 7.79. The number of amides is 1. The van der Waals surface area contributed by atoms with Crippen molar-refractivity contribution >= 4 is 17.7 Å². The molecule has 2 N–H and O–H groups in total. The first-order valence-electron chi connectivity index (χ1n) is 5.56. The molecule has 0 radical (unpaired) electrons. The van der Waals surface area contributed by atoms with Crippen molar-refractivity contribution in [2.45, 2.75) is 18.9 Å². The summed E-state index contributed by atoms with van der Waals surface area (Å²) in [5, 5.41) is 6.07. The highest BCUT2D eigenvalue weighted by atomic mass is 16.2. The zero-order valence-corrected chi connectivity index (χ0v) is 9.20. The maximum Gasteiger partial charge on any atom is 0.241 e. The smallest absolute Gasteiger partial charge is 0.241 e. The Kier molecular flexibility index (Phi) is 3.37. The van der Waals surface area contributed by atoms with Gasteiger partial charge in [0.1, 0.15) is 0 Å². The van der Waals surface area contributed by atoms with E-state index in [9.17, 15) is 4.79 Å². The molecule has 0 bridgehead atoms. The fourth-order valence-electron chi connectivity index (χ4n) is 1.84. The molecule has 0 unspecified atom stereocenters. The molecule has 1 heterocycles. The van der Waals surface area contributed by atoms with Gasteiger partial charge in [0.05, 0.1) is 6.04 Å². The number of anilines is 1. The number of nitrogens with one attached hydrogen (secondary N) is 2. The fraction of sp³-hybridized carbons (Fsp3) is 0.308. The Hall–Kier alpha value is -1.61. The summed E-state index contributed by atoms with van der Waals surface area (Å²) in [6, 6.07) is 7.63. The van der Waals surface area contributed by atoms with Crippen LogP contribution in [0.4, 0.5) is 5.69 Å². The quantitative estimate of drug-likeness (QED) is 0.811. The highest BCUT2D eigenvalue weighted by Crippen LogP contribution is 2.12. The summed E-state index contributed by atoms with van der Waals surface area (Å²) < 4.78 is 0. The van der Waals surface area contributed by atoms with E-state index in [0.717, 1.165) is 30.6 Å². The van der Waals surface area contributed by atoms with Gasteiger partial charge in [0.2, 0.25) is 5.91 Å². The Morgan fingerprint density at radius 3 is 2.75 bits per heavy atom. The van der Waals surface area contributed by atoms with Crippen LogP contribution < -0.4 is 10.6 Å². The summed E-state index contributed by atoms with van der Waals surface area (Å²) in [5.74, 6) is 0.0591. The summed E-state index contributed by atoms with van der Waals surface area (Å²) in [6.45, 7) is 4.63. The molecule has 0 aromatic heterocycles. The third-order valence-corrected chi connectivity index (χ3v) is 2.79. The molecule has 3 nitrogen and oxygen atoms in total. The van der Waals surface area contributed by atoms with Crippen molar-refractivity contribution in [3.05, 3.63) is 36.4 Å². The normalized spacial score (nSPS) is 19.4. The van der Waals surface area contributed by atoms with Crippen molar-refractivity contribution in [2.24, 2.45) is 0 Å². The molecule has 84 valence electrons. The molecule has 1 atom stereocenters. The van der Waals surface area contributed by atoms with Gasteiger partial charge >= 0.3 is 0 Å². The van der Waals surface area contributed by atoms with Crippen molar-refractivity contribution < 1.29 is 4.79 Å². The first kappa shape index (κ1) is 10.9. The molecule has 2 rings (SSSR count). The highest BCUT2D eigenvalue weighted by Gasteiger charge is 2.21. The first-order valence-corrected chi connectivity index (χ1v) is 5.56. The van der Waals surface area contributed by atoms with Crippen LogP contribution in [-0.2, 0) is 4.79 Å². The average Bonchev–Trinajstić information content (AvgIpc) is 2.83. The van der Waals surface area contributed by atoms with E-state index < -0.39 is 0 Å². The lowest BCUT2D eigenvalue weighted by molar-refractivity contribution is -0.117. The SMILES string of the molecule is C=Cc1ccc(NC(=O)[C@@H]2CCCN2)cc1. The van der Waals surface area contributed by atoms with Gasteiger partial charge in [-0.1, -0.05) is 24.8 Å². The van der Waals surface area contributed by atoms with Crippen LogP contribution >= 0.6 is 0 Å². The minimum atomic E-state index is -0.0286. The molecule has 1 saturated heterocycles. The van der Waals surface area contributed by atoms with E-state index in [1.54, 1.807) is 6.08 Å². The van der Waals surface area contributed by atoms with Gasteiger partial charge in [-0.2, -0.15) is 0 Å². The summed E-state index contributed by atoms with van der Waals surface area (Å²) in [4.78, 5) is 11.8. The van der Waals surface area contributed by atoms with Crippen LogP contribution in [0.15, 0.2) is 30.8 Å². The maximum absolute atomic E-state index is 11.8. The number of carbonyl (C=O) groups excluding carboxylic acids is 1. The summed E-state index contributed by atoms with van der Waals surface area (Å²) in [5.41, 5.74) is 1.89. The second-order valence-corrected chi connectivity index (χ2v) is 3.96. The van der Waals surface area contributed by atoms with E-state index in [2.05, 4.69) is 17.2 Å². The van der Waals surface area contributed by atoms with Crippen LogP contribution in [0.2, 0.25) is 0 Å². The predicted molar refractivity (Wildman–Crippen MR) is 66.2 cm³/mol. The Morgan fingerprint density at radius 1 is 1.44 bits per heavy atom. The largest absolute Gasteiger partial charge is 0.325 e. The Labute approximate surface area is 95.6 Å². The molecule has 1 aliphatic heterocycles. The Morgan fingerprint density at radius 2 is 2.19 bits per heavy atom. The second kappa shape index (κ2) is 4.94. The Bertz CT molecular complexity index is 377. The average molecular weight is 216 g/mol. The van der Waals surface area contributed by atoms with Crippen molar-refractivity contribution in [3.63, 3.8) is 0 Å². The molecule has 0 spiro atoms. The van der Waals surface area contributed by atoms with Gasteiger partial charge in [-0.3, -0.25) is 4.79 Å². The molecular weight excluding hydrogens is 200 g/mol. The van der Waals surface area contributed by atoms with Gasteiger partial charge in [0.25, 0.3) is 0 Å². The Balaban J connectivity index is 1.97. The topological polar surface area (TPSA) is 41.1 Å². The van der Waals surface area contributed by atoms with Crippen molar-refractivity contribution in [2.75, 3.05) is 11.9 Å². The predicted octanol–water partition coefficient (Wildman–Crippen LogP) is 2.02. The lowest BCUT2D eigenvalue weighted by Crippen LogP contribution is -2.35. The van der Waals surface area contributed by atoms with Crippen LogP contribution in [-0.4, -0.2) is 18.5 Å². The summed E-state index contributed by atoms with van der Waals surface area (Å²) in [6.07, 6.45) is 3.79. The van der Waals surface area contributed by atoms with Crippen LogP contribution in [0, 0.1) is 0 Å². The van der Waals surface area contributed by atoms with E-state index in [4.69, 9.17) is 0 Å². The standard InChI is InChI=1S/C13H16N2O/c1-2-10-5-7-11(8-6-10)15-13(16)12-4-3-9-14-12/h2,5-8,12,14H,1,3-4,9H2,(H,15,16)/t12-/m0/s1. The molecule has 1 amide bonds. The minimum absolute atomic E-state index is 0.0286. The minimum Gasteiger partial charge on any atom is -0.325 e. The van der Waals surface area contributed by atoms with Gasteiger partial charge in [-0.05, 0) is 37.1 Å². The molecule has 1 aromatic carbocycles. The van der Waals surface area contributed by atoms with Gasteiger partial charge in [0, 0.05) is 5.69 Å². The molecule has 1 fully saturated rings. The number of hydrogen-bond donors (Lipinski definition) is 2. The highest BCUT2D eigenvalue weighted by molar-refractivity contribution is 5.95. The summed E-state index contributed by atoms with van der Waals surface area (Å²) in [7, 11) is 0. The molecule has 3 heteroatoms. The lowest BCUT2D eigenvalue weighted by atomic mass is 10.2. The molecule has 0 aliphatic carbocycles.